The molecule has 1 fully saturated rings. The van der Waals surface area contributed by atoms with Crippen molar-refractivity contribution >= 4 is 5.91 Å². The van der Waals surface area contributed by atoms with E-state index in [1.54, 1.807) is 6.20 Å². The summed E-state index contributed by atoms with van der Waals surface area (Å²) in [6.45, 7) is 2.71. The average Bonchev–Trinajstić information content (AvgIpc) is 3.16. The molecule has 1 aliphatic rings. The molecule has 2 atom stereocenters. The molecule has 0 saturated carbocycles. The van der Waals surface area contributed by atoms with Gasteiger partial charge in [-0.25, -0.2) is 4.68 Å². The lowest BCUT2D eigenvalue weighted by Crippen LogP contribution is -2.29. The number of benzene rings is 1. The van der Waals surface area contributed by atoms with E-state index < -0.39 is 0 Å². The molecule has 2 heterocycles. The highest BCUT2D eigenvalue weighted by Gasteiger charge is 2.33. The van der Waals surface area contributed by atoms with E-state index in [-0.39, 0.29) is 24.5 Å². The number of nitrogens with zero attached hydrogens (tertiary/aromatic N) is 3. The highest BCUT2D eigenvalue weighted by Crippen LogP contribution is 2.31. The number of carbonyl (C=O) groups is 1. The van der Waals surface area contributed by atoms with Gasteiger partial charge in [0, 0.05) is 43.4 Å². The first-order valence-electron chi connectivity index (χ1n) is 7.20. The topological polar surface area (TPSA) is 58.4 Å². The second-order valence-electron chi connectivity index (χ2n) is 5.48. The molecule has 5 heteroatoms. The number of aliphatic hydroxyl groups is 1. The molecule has 2 aromatic rings. The van der Waals surface area contributed by atoms with E-state index in [1.165, 1.54) is 0 Å². The SMILES string of the molecule is CC(c1ccccc1-n1cccn1)N1CC(CO)CC1=O. The van der Waals surface area contributed by atoms with Crippen LogP contribution in [0.1, 0.15) is 24.9 Å². The van der Waals surface area contributed by atoms with Gasteiger partial charge < -0.3 is 10.0 Å². The minimum absolute atomic E-state index is 0.0329. The zero-order chi connectivity index (χ0) is 14.8. The van der Waals surface area contributed by atoms with Gasteiger partial charge in [0.05, 0.1) is 11.7 Å². The van der Waals surface area contributed by atoms with Crippen LogP contribution in [-0.2, 0) is 4.79 Å². The number of amides is 1. The second-order valence-corrected chi connectivity index (χ2v) is 5.48. The first kappa shape index (κ1) is 13.8. The van der Waals surface area contributed by atoms with Crippen LogP contribution in [0, 0.1) is 5.92 Å². The molecule has 0 aliphatic carbocycles. The van der Waals surface area contributed by atoms with Crippen molar-refractivity contribution in [2.24, 2.45) is 5.92 Å². The van der Waals surface area contributed by atoms with E-state index in [0.717, 1.165) is 11.3 Å². The van der Waals surface area contributed by atoms with Crippen molar-refractivity contribution in [3.63, 3.8) is 0 Å². The predicted octanol–water partition coefficient (Wildman–Crippen LogP) is 1.77. The third-order valence-electron chi connectivity index (χ3n) is 4.10. The third kappa shape index (κ3) is 2.56. The lowest BCUT2D eigenvalue weighted by atomic mass is 10.0. The van der Waals surface area contributed by atoms with E-state index in [0.29, 0.717) is 13.0 Å². The van der Waals surface area contributed by atoms with Gasteiger partial charge in [-0.05, 0) is 19.1 Å². The molecule has 5 nitrogen and oxygen atoms in total. The lowest BCUT2D eigenvalue weighted by Gasteiger charge is -2.27. The van der Waals surface area contributed by atoms with Gasteiger partial charge in [0.1, 0.15) is 0 Å². The van der Waals surface area contributed by atoms with Gasteiger partial charge in [0.25, 0.3) is 0 Å². The number of aromatic nitrogens is 2. The number of hydrogen-bond donors (Lipinski definition) is 1. The first-order valence-corrected chi connectivity index (χ1v) is 7.20. The largest absolute Gasteiger partial charge is 0.396 e. The van der Waals surface area contributed by atoms with Gasteiger partial charge in [0.2, 0.25) is 5.91 Å². The van der Waals surface area contributed by atoms with E-state index >= 15 is 0 Å². The minimum atomic E-state index is -0.0329. The van der Waals surface area contributed by atoms with E-state index in [1.807, 2.05) is 53.0 Å². The smallest absolute Gasteiger partial charge is 0.223 e. The molecule has 3 rings (SSSR count). The van der Waals surface area contributed by atoms with Crippen LogP contribution >= 0.6 is 0 Å². The number of hydrogen-bond acceptors (Lipinski definition) is 3. The fourth-order valence-corrected chi connectivity index (χ4v) is 2.93. The molecule has 1 aromatic carbocycles. The van der Waals surface area contributed by atoms with Crippen LogP contribution in [0.3, 0.4) is 0 Å². The van der Waals surface area contributed by atoms with Crippen LogP contribution in [0.4, 0.5) is 0 Å². The summed E-state index contributed by atoms with van der Waals surface area (Å²) in [7, 11) is 0. The molecular formula is C16H19N3O2. The molecular weight excluding hydrogens is 266 g/mol. The maximum atomic E-state index is 12.1. The highest BCUT2D eigenvalue weighted by atomic mass is 16.3. The molecule has 1 N–H and O–H groups in total. The summed E-state index contributed by atoms with van der Waals surface area (Å²) in [5, 5.41) is 13.5. The van der Waals surface area contributed by atoms with Crippen molar-refractivity contribution in [3.05, 3.63) is 48.3 Å². The summed E-state index contributed by atoms with van der Waals surface area (Å²) >= 11 is 0. The molecule has 1 amide bonds. The Balaban J connectivity index is 1.92. The summed E-state index contributed by atoms with van der Waals surface area (Å²) < 4.78 is 1.82. The Kier molecular flexibility index (Phi) is 3.75. The quantitative estimate of drug-likeness (QED) is 0.931. The van der Waals surface area contributed by atoms with E-state index in [4.69, 9.17) is 0 Å². The summed E-state index contributed by atoms with van der Waals surface area (Å²) in [6, 6.07) is 9.82. The Labute approximate surface area is 123 Å². The van der Waals surface area contributed by atoms with Crippen LogP contribution < -0.4 is 0 Å². The molecule has 0 radical (unpaired) electrons. The van der Waals surface area contributed by atoms with Crippen molar-refractivity contribution in [2.45, 2.75) is 19.4 Å². The highest BCUT2D eigenvalue weighted by molar-refractivity contribution is 5.79. The molecule has 0 spiro atoms. The van der Waals surface area contributed by atoms with Gasteiger partial charge in [-0.1, -0.05) is 18.2 Å². The molecule has 21 heavy (non-hydrogen) atoms. The Morgan fingerprint density at radius 3 is 2.86 bits per heavy atom. The van der Waals surface area contributed by atoms with E-state index in [2.05, 4.69) is 5.10 Å². The number of rotatable bonds is 4. The molecule has 1 aromatic heterocycles. The Bertz CT molecular complexity index is 624. The van der Waals surface area contributed by atoms with Gasteiger partial charge in [-0.15, -0.1) is 0 Å². The lowest BCUT2D eigenvalue weighted by molar-refractivity contribution is -0.129. The Hall–Kier alpha value is -2.14. The van der Waals surface area contributed by atoms with Crippen LogP contribution in [0.15, 0.2) is 42.7 Å². The van der Waals surface area contributed by atoms with Crippen LogP contribution in [0.5, 0.6) is 0 Å². The summed E-state index contributed by atoms with van der Waals surface area (Å²) in [4.78, 5) is 14.0. The third-order valence-corrected chi connectivity index (χ3v) is 4.10. The van der Waals surface area contributed by atoms with Gasteiger partial charge in [-0.2, -0.15) is 5.10 Å². The molecule has 110 valence electrons. The summed E-state index contributed by atoms with van der Waals surface area (Å²) in [5.74, 6) is 0.161. The maximum Gasteiger partial charge on any atom is 0.223 e. The maximum absolute atomic E-state index is 12.1. The Morgan fingerprint density at radius 2 is 2.19 bits per heavy atom. The molecule has 2 unspecified atom stereocenters. The fourth-order valence-electron chi connectivity index (χ4n) is 2.93. The van der Waals surface area contributed by atoms with Crippen molar-refractivity contribution in [1.82, 2.24) is 14.7 Å². The van der Waals surface area contributed by atoms with Gasteiger partial charge in [0.15, 0.2) is 0 Å². The Morgan fingerprint density at radius 1 is 1.38 bits per heavy atom. The minimum Gasteiger partial charge on any atom is -0.396 e. The number of carbonyl (C=O) groups excluding carboxylic acids is 1. The van der Waals surface area contributed by atoms with Gasteiger partial charge >= 0.3 is 0 Å². The zero-order valence-corrected chi connectivity index (χ0v) is 12.0. The predicted molar refractivity (Wildman–Crippen MR) is 78.9 cm³/mol. The van der Waals surface area contributed by atoms with Gasteiger partial charge in [-0.3, -0.25) is 4.79 Å². The molecule has 1 aliphatic heterocycles. The van der Waals surface area contributed by atoms with E-state index in [9.17, 15) is 9.90 Å². The van der Waals surface area contributed by atoms with Crippen molar-refractivity contribution in [3.8, 4) is 5.69 Å². The van der Waals surface area contributed by atoms with Crippen LogP contribution in [0.2, 0.25) is 0 Å². The van der Waals surface area contributed by atoms with Crippen molar-refractivity contribution < 1.29 is 9.90 Å². The molecule has 0 bridgehead atoms. The monoisotopic (exact) mass is 285 g/mol. The normalized spacial score (nSPS) is 20.0. The fraction of sp³-hybridized carbons (Fsp3) is 0.375. The summed E-state index contributed by atoms with van der Waals surface area (Å²) in [6.07, 6.45) is 4.07. The van der Waals surface area contributed by atoms with Crippen molar-refractivity contribution in [1.29, 1.82) is 0 Å². The number of aliphatic hydroxyl groups excluding tert-OH is 1. The number of para-hydroxylation sites is 1. The zero-order valence-electron chi connectivity index (χ0n) is 12.0. The standard InChI is InChI=1S/C16H19N3O2/c1-12(18-10-13(11-20)9-16(18)21)14-5-2-3-6-15(14)19-8-4-7-17-19/h2-8,12-13,20H,9-11H2,1H3. The first-order chi connectivity index (χ1) is 10.2. The molecule has 1 saturated heterocycles. The summed E-state index contributed by atoms with van der Waals surface area (Å²) in [5.41, 5.74) is 2.04. The number of likely N-dealkylation sites (tertiary alicyclic amines) is 1. The average molecular weight is 285 g/mol. The van der Waals surface area contributed by atoms with Crippen LogP contribution in [-0.4, -0.2) is 38.8 Å². The second kappa shape index (κ2) is 5.69. The van der Waals surface area contributed by atoms with Crippen LogP contribution in [0.25, 0.3) is 5.69 Å². The van der Waals surface area contributed by atoms with Crippen molar-refractivity contribution in [2.75, 3.05) is 13.2 Å².